The summed E-state index contributed by atoms with van der Waals surface area (Å²) >= 11 is 1.67. The van der Waals surface area contributed by atoms with Gasteiger partial charge in [0.15, 0.2) is 0 Å². The second-order valence-corrected chi connectivity index (χ2v) is 4.86. The van der Waals surface area contributed by atoms with Gasteiger partial charge in [0, 0.05) is 24.2 Å². The number of thioether (sulfide) groups is 1. The van der Waals surface area contributed by atoms with Crippen molar-refractivity contribution in [1.82, 2.24) is 0 Å². The molecule has 3 N–H and O–H groups in total. The lowest BCUT2D eigenvalue weighted by Gasteiger charge is -2.20. The molecular formula is C12H19NO2S. The third kappa shape index (κ3) is 4.53. The summed E-state index contributed by atoms with van der Waals surface area (Å²) in [5.74, 6) is 0.865. The van der Waals surface area contributed by atoms with Gasteiger partial charge >= 0.3 is 0 Å². The van der Waals surface area contributed by atoms with Crippen LogP contribution in [-0.4, -0.2) is 36.7 Å². The minimum atomic E-state index is -0.122. The quantitative estimate of drug-likeness (QED) is 0.754. The molecule has 0 saturated heterocycles. The molecule has 3 nitrogen and oxygen atoms in total. The molecular weight excluding hydrogens is 222 g/mol. The van der Waals surface area contributed by atoms with Gasteiger partial charge in [-0.15, -0.1) is 11.8 Å². The van der Waals surface area contributed by atoms with E-state index < -0.39 is 0 Å². The van der Waals surface area contributed by atoms with Crippen LogP contribution in [0.15, 0.2) is 30.3 Å². The number of hydrogen-bond donors (Lipinski definition) is 2. The maximum absolute atomic E-state index is 9.24. The zero-order valence-electron chi connectivity index (χ0n) is 9.50. The van der Waals surface area contributed by atoms with Gasteiger partial charge in [-0.05, 0) is 5.56 Å². The van der Waals surface area contributed by atoms with Crippen molar-refractivity contribution in [3.8, 4) is 0 Å². The molecule has 0 aliphatic heterocycles. The van der Waals surface area contributed by atoms with Gasteiger partial charge < -0.3 is 15.6 Å². The zero-order chi connectivity index (χ0) is 11.8. The monoisotopic (exact) mass is 241 g/mol. The molecule has 90 valence electrons. The third-order valence-electron chi connectivity index (χ3n) is 2.32. The van der Waals surface area contributed by atoms with E-state index >= 15 is 0 Å². The van der Waals surface area contributed by atoms with Gasteiger partial charge in [-0.1, -0.05) is 30.3 Å². The number of hydrogen-bond acceptors (Lipinski definition) is 4. The highest BCUT2D eigenvalue weighted by atomic mass is 32.2. The first kappa shape index (κ1) is 13.5. The Kier molecular flexibility index (Phi) is 6.49. The van der Waals surface area contributed by atoms with Crippen molar-refractivity contribution in [2.75, 3.05) is 20.3 Å². The van der Waals surface area contributed by atoms with Gasteiger partial charge in [0.25, 0.3) is 0 Å². The normalized spacial score (nSPS) is 14.7. The van der Waals surface area contributed by atoms with Crippen LogP contribution >= 0.6 is 11.8 Å². The van der Waals surface area contributed by atoms with Crippen molar-refractivity contribution in [2.45, 2.75) is 17.0 Å². The number of methoxy groups -OCH3 is 1. The summed E-state index contributed by atoms with van der Waals surface area (Å²) in [6, 6.07) is 10.0. The van der Waals surface area contributed by atoms with E-state index in [0.29, 0.717) is 6.61 Å². The van der Waals surface area contributed by atoms with Gasteiger partial charge in [0.2, 0.25) is 0 Å². The van der Waals surface area contributed by atoms with Crippen LogP contribution in [0, 0.1) is 0 Å². The highest BCUT2D eigenvalue weighted by Crippen LogP contribution is 2.19. The van der Waals surface area contributed by atoms with Crippen LogP contribution in [0.25, 0.3) is 0 Å². The number of nitrogens with two attached hydrogens (primary N) is 1. The van der Waals surface area contributed by atoms with E-state index in [-0.39, 0.29) is 17.9 Å². The van der Waals surface area contributed by atoms with Crippen LogP contribution in [-0.2, 0) is 10.5 Å². The Morgan fingerprint density at radius 1 is 1.38 bits per heavy atom. The minimum Gasteiger partial charge on any atom is -0.395 e. The van der Waals surface area contributed by atoms with E-state index in [1.54, 1.807) is 18.9 Å². The molecule has 2 atom stereocenters. The summed E-state index contributed by atoms with van der Waals surface area (Å²) in [5, 5.41) is 9.27. The van der Waals surface area contributed by atoms with Crippen molar-refractivity contribution in [3.63, 3.8) is 0 Å². The maximum Gasteiger partial charge on any atom is 0.0625 e. The Morgan fingerprint density at radius 2 is 2.06 bits per heavy atom. The molecule has 0 fully saturated rings. The largest absolute Gasteiger partial charge is 0.395 e. The summed E-state index contributed by atoms with van der Waals surface area (Å²) < 4.78 is 4.99. The Hall–Kier alpha value is -0.550. The van der Waals surface area contributed by atoms with Crippen molar-refractivity contribution in [1.29, 1.82) is 0 Å². The van der Waals surface area contributed by atoms with Crippen LogP contribution in [0.4, 0.5) is 0 Å². The molecule has 0 heterocycles. The average molecular weight is 241 g/mol. The van der Waals surface area contributed by atoms with Crippen molar-refractivity contribution in [2.24, 2.45) is 5.73 Å². The summed E-state index contributed by atoms with van der Waals surface area (Å²) in [6.45, 7) is 0.565. The highest BCUT2D eigenvalue weighted by Gasteiger charge is 2.17. The Morgan fingerprint density at radius 3 is 2.62 bits per heavy atom. The summed E-state index contributed by atoms with van der Waals surface area (Å²) in [7, 11) is 1.62. The lowest BCUT2D eigenvalue weighted by Crippen LogP contribution is -2.38. The van der Waals surface area contributed by atoms with E-state index in [9.17, 15) is 5.11 Å². The summed E-state index contributed by atoms with van der Waals surface area (Å²) in [6.07, 6.45) is 0. The molecule has 16 heavy (non-hydrogen) atoms. The number of rotatable bonds is 7. The smallest absolute Gasteiger partial charge is 0.0625 e. The summed E-state index contributed by atoms with van der Waals surface area (Å²) in [4.78, 5) is 0. The second-order valence-electron chi connectivity index (χ2n) is 3.64. The van der Waals surface area contributed by atoms with Crippen molar-refractivity contribution >= 4 is 11.8 Å². The number of ether oxygens (including phenoxy) is 1. The van der Waals surface area contributed by atoms with Gasteiger partial charge in [0.1, 0.15) is 0 Å². The molecule has 0 radical (unpaired) electrons. The molecule has 0 bridgehead atoms. The molecule has 0 aromatic heterocycles. The molecule has 1 rings (SSSR count). The van der Waals surface area contributed by atoms with E-state index in [2.05, 4.69) is 12.1 Å². The van der Waals surface area contributed by atoms with Crippen LogP contribution in [0.1, 0.15) is 5.56 Å². The fourth-order valence-corrected chi connectivity index (χ4v) is 2.42. The third-order valence-corrected chi connectivity index (χ3v) is 3.75. The topological polar surface area (TPSA) is 55.5 Å². The second kappa shape index (κ2) is 7.68. The summed E-state index contributed by atoms with van der Waals surface area (Å²) in [5.41, 5.74) is 7.14. The van der Waals surface area contributed by atoms with E-state index in [1.165, 1.54) is 5.56 Å². The Labute approximate surface area is 101 Å². The van der Waals surface area contributed by atoms with Gasteiger partial charge in [-0.25, -0.2) is 0 Å². The first-order valence-corrected chi connectivity index (χ1v) is 6.33. The lowest BCUT2D eigenvalue weighted by molar-refractivity contribution is 0.167. The molecule has 0 aliphatic rings. The fourth-order valence-electron chi connectivity index (χ4n) is 1.39. The predicted molar refractivity (Wildman–Crippen MR) is 68.5 cm³/mol. The Bertz CT molecular complexity index is 282. The highest BCUT2D eigenvalue weighted by molar-refractivity contribution is 7.99. The fraction of sp³-hybridized carbons (Fsp3) is 0.500. The maximum atomic E-state index is 9.24. The van der Waals surface area contributed by atoms with Gasteiger partial charge in [-0.2, -0.15) is 0 Å². The number of aliphatic hydroxyl groups is 1. The van der Waals surface area contributed by atoms with Crippen LogP contribution in [0.5, 0.6) is 0 Å². The SMILES string of the molecule is COCC(N)C(CO)SCc1ccccc1. The van der Waals surface area contributed by atoms with Crippen molar-refractivity contribution in [3.05, 3.63) is 35.9 Å². The zero-order valence-corrected chi connectivity index (χ0v) is 10.3. The van der Waals surface area contributed by atoms with Gasteiger partial charge in [0.05, 0.1) is 13.2 Å². The first-order chi connectivity index (χ1) is 7.77. The molecule has 1 aromatic carbocycles. The Balaban J connectivity index is 2.39. The van der Waals surface area contributed by atoms with Crippen LogP contribution in [0.2, 0.25) is 0 Å². The van der Waals surface area contributed by atoms with Crippen LogP contribution in [0.3, 0.4) is 0 Å². The van der Waals surface area contributed by atoms with Crippen LogP contribution < -0.4 is 5.73 Å². The molecule has 0 amide bonds. The number of benzene rings is 1. The lowest BCUT2D eigenvalue weighted by atomic mass is 10.2. The van der Waals surface area contributed by atoms with E-state index in [4.69, 9.17) is 10.5 Å². The van der Waals surface area contributed by atoms with E-state index in [0.717, 1.165) is 5.75 Å². The standard InChI is InChI=1S/C12H19NO2S/c1-15-8-11(13)12(7-14)16-9-10-5-3-2-4-6-10/h2-6,11-12,14H,7-9,13H2,1H3. The number of aliphatic hydroxyl groups excluding tert-OH is 1. The minimum absolute atomic E-state index is 0.0279. The average Bonchev–Trinajstić information content (AvgIpc) is 2.31. The first-order valence-electron chi connectivity index (χ1n) is 5.28. The molecule has 0 aliphatic carbocycles. The molecule has 0 saturated carbocycles. The molecule has 1 aromatic rings. The predicted octanol–water partition coefficient (Wildman–Crippen LogP) is 1.25. The van der Waals surface area contributed by atoms with Crippen molar-refractivity contribution < 1.29 is 9.84 Å². The van der Waals surface area contributed by atoms with Gasteiger partial charge in [-0.3, -0.25) is 0 Å². The molecule has 4 heteroatoms. The van der Waals surface area contributed by atoms with E-state index in [1.807, 2.05) is 18.2 Å². The molecule has 2 unspecified atom stereocenters. The molecule has 0 spiro atoms.